The fourth-order valence-electron chi connectivity index (χ4n) is 2.54. The van der Waals surface area contributed by atoms with Crippen molar-refractivity contribution in [3.8, 4) is 5.75 Å². The smallest absolute Gasteiger partial charge is 0.186 e. The minimum absolute atomic E-state index is 0.0274. The third-order valence-corrected chi connectivity index (χ3v) is 3.82. The van der Waals surface area contributed by atoms with Gasteiger partial charge >= 0.3 is 0 Å². The Balaban J connectivity index is 2.01. The molecule has 0 unspecified atom stereocenters. The second-order valence-electron chi connectivity index (χ2n) is 5.38. The summed E-state index contributed by atoms with van der Waals surface area (Å²) in [4.78, 5) is 12.7. The van der Waals surface area contributed by atoms with E-state index < -0.39 is 0 Å². The average molecular weight is 314 g/mol. The average Bonchev–Trinajstić information content (AvgIpc) is 2.67. The van der Waals surface area contributed by atoms with Crippen LogP contribution in [0.4, 0.5) is 0 Å². The molecule has 0 radical (unpaired) electrons. The van der Waals surface area contributed by atoms with Crippen molar-refractivity contribution >= 4 is 11.4 Å². The van der Waals surface area contributed by atoms with Crippen molar-refractivity contribution in [1.29, 1.82) is 0 Å². The monoisotopic (exact) mass is 314 g/mol. The highest BCUT2D eigenvalue weighted by molar-refractivity contribution is 6.10. The number of hydrogen-bond acceptors (Lipinski definition) is 2. The Morgan fingerprint density at radius 1 is 0.708 bits per heavy atom. The van der Waals surface area contributed by atoms with Crippen LogP contribution < -0.4 is 4.74 Å². The highest BCUT2D eigenvalue weighted by Crippen LogP contribution is 2.24. The number of allylic oxidation sites excluding steroid dienone is 1. The molecule has 24 heavy (non-hydrogen) atoms. The molecule has 0 amide bonds. The number of carbonyl (C=O) groups is 1. The van der Waals surface area contributed by atoms with Gasteiger partial charge in [0.05, 0.1) is 7.11 Å². The second kappa shape index (κ2) is 7.42. The van der Waals surface area contributed by atoms with E-state index in [0.717, 1.165) is 22.4 Å². The topological polar surface area (TPSA) is 26.3 Å². The van der Waals surface area contributed by atoms with E-state index in [0.29, 0.717) is 5.56 Å². The first-order chi connectivity index (χ1) is 11.8. The summed E-state index contributed by atoms with van der Waals surface area (Å²) in [5.74, 6) is 0.710. The number of hydrogen-bond donors (Lipinski definition) is 0. The van der Waals surface area contributed by atoms with Crippen LogP contribution >= 0.6 is 0 Å². The van der Waals surface area contributed by atoms with Gasteiger partial charge < -0.3 is 4.74 Å². The van der Waals surface area contributed by atoms with Crippen molar-refractivity contribution in [2.45, 2.75) is 0 Å². The van der Waals surface area contributed by atoms with Gasteiger partial charge in [0.2, 0.25) is 0 Å². The summed E-state index contributed by atoms with van der Waals surface area (Å²) >= 11 is 0. The van der Waals surface area contributed by atoms with Crippen LogP contribution in [0, 0.1) is 0 Å². The molecule has 2 heteroatoms. The number of ketones is 1. The predicted molar refractivity (Wildman–Crippen MR) is 97.3 cm³/mol. The zero-order valence-corrected chi connectivity index (χ0v) is 13.5. The number of carbonyl (C=O) groups excluding carboxylic acids is 1. The maximum absolute atomic E-state index is 12.7. The molecule has 0 saturated carbocycles. The van der Waals surface area contributed by atoms with E-state index >= 15 is 0 Å². The highest BCUT2D eigenvalue weighted by atomic mass is 16.5. The number of rotatable bonds is 5. The summed E-state index contributed by atoms with van der Waals surface area (Å²) in [5.41, 5.74) is 3.59. The minimum atomic E-state index is -0.0274. The first-order valence-electron chi connectivity index (χ1n) is 7.79. The van der Waals surface area contributed by atoms with E-state index in [9.17, 15) is 4.79 Å². The number of methoxy groups -OCH3 is 1. The van der Waals surface area contributed by atoms with Crippen molar-refractivity contribution in [3.05, 3.63) is 108 Å². The van der Waals surface area contributed by atoms with Crippen LogP contribution in [0.1, 0.15) is 21.5 Å². The van der Waals surface area contributed by atoms with Crippen LogP contribution in [-0.2, 0) is 0 Å². The third kappa shape index (κ3) is 3.61. The van der Waals surface area contributed by atoms with E-state index in [2.05, 4.69) is 0 Å². The summed E-state index contributed by atoms with van der Waals surface area (Å²) in [5, 5.41) is 0. The lowest BCUT2D eigenvalue weighted by atomic mass is 9.95. The van der Waals surface area contributed by atoms with Crippen molar-refractivity contribution in [2.75, 3.05) is 7.11 Å². The molecule has 3 aromatic rings. The molecular formula is C22H18O2. The Hall–Kier alpha value is -3.13. The van der Waals surface area contributed by atoms with Gasteiger partial charge in [-0.15, -0.1) is 0 Å². The summed E-state index contributed by atoms with van der Waals surface area (Å²) in [7, 11) is 1.61. The largest absolute Gasteiger partial charge is 0.497 e. The molecule has 0 aromatic heterocycles. The molecule has 3 rings (SSSR count). The van der Waals surface area contributed by atoms with Gasteiger partial charge in [0.15, 0.2) is 5.78 Å². The predicted octanol–water partition coefficient (Wildman–Crippen LogP) is 5.01. The van der Waals surface area contributed by atoms with Crippen molar-refractivity contribution in [2.24, 2.45) is 0 Å². The first-order valence-corrected chi connectivity index (χ1v) is 7.79. The first kappa shape index (κ1) is 15.8. The van der Waals surface area contributed by atoms with Gasteiger partial charge in [-0.3, -0.25) is 4.79 Å². The molecule has 0 heterocycles. The fraction of sp³-hybridized carbons (Fsp3) is 0.0455. The third-order valence-electron chi connectivity index (χ3n) is 3.82. The van der Waals surface area contributed by atoms with E-state index in [1.807, 2.05) is 60.7 Å². The maximum atomic E-state index is 12.7. The van der Waals surface area contributed by atoms with Crippen LogP contribution in [0.15, 0.2) is 91.0 Å². The van der Waals surface area contributed by atoms with Gasteiger partial charge in [-0.05, 0) is 47.0 Å². The van der Waals surface area contributed by atoms with E-state index in [1.165, 1.54) is 0 Å². The van der Waals surface area contributed by atoms with Crippen LogP contribution in [0.25, 0.3) is 5.57 Å². The number of ether oxygens (including phenoxy) is 1. The molecule has 0 atom stereocenters. The Morgan fingerprint density at radius 2 is 1.21 bits per heavy atom. The van der Waals surface area contributed by atoms with Gasteiger partial charge in [-0.2, -0.15) is 0 Å². The van der Waals surface area contributed by atoms with E-state index in [-0.39, 0.29) is 5.78 Å². The summed E-state index contributed by atoms with van der Waals surface area (Å²) in [6, 6.07) is 27.1. The minimum Gasteiger partial charge on any atom is -0.497 e. The summed E-state index contributed by atoms with van der Waals surface area (Å²) in [6.07, 6.45) is 1.70. The summed E-state index contributed by atoms with van der Waals surface area (Å²) < 4.78 is 5.14. The Bertz CT molecular complexity index is 791. The van der Waals surface area contributed by atoms with Gasteiger partial charge in [0, 0.05) is 5.56 Å². The zero-order valence-electron chi connectivity index (χ0n) is 13.5. The number of benzene rings is 3. The Morgan fingerprint density at radius 3 is 1.67 bits per heavy atom. The lowest BCUT2D eigenvalue weighted by Crippen LogP contribution is -1.98. The second-order valence-corrected chi connectivity index (χ2v) is 5.38. The highest BCUT2D eigenvalue weighted by Gasteiger charge is 2.09. The van der Waals surface area contributed by atoms with Crippen LogP contribution in [0.3, 0.4) is 0 Å². The lowest BCUT2D eigenvalue weighted by Gasteiger charge is -2.08. The van der Waals surface area contributed by atoms with E-state index in [1.54, 1.807) is 37.5 Å². The molecule has 118 valence electrons. The lowest BCUT2D eigenvalue weighted by molar-refractivity contribution is 0.104. The molecule has 0 aliphatic heterocycles. The Kier molecular flexibility index (Phi) is 4.87. The van der Waals surface area contributed by atoms with Crippen LogP contribution in [-0.4, -0.2) is 12.9 Å². The standard InChI is InChI=1S/C22H18O2/c1-24-20-14-12-19(13-15-20)22(23)16-21(17-8-4-2-5-9-17)18-10-6-3-7-11-18/h2-16H,1H3. The molecule has 0 spiro atoms. The molecule has 0 fully saturated rings. The van der Waals surface area contributed by atoms with Gasteiger partial charge in [-0.1, -0.05) is 60.7 Å². The Labute approximate surface area is 142 Å². The SMILES string of the molecule is COc1ccc(C(=O)C=C(c2ccccc2)c2ccccc2)cc1. The van der Waals surface area contributed by atoms with Gasteiger partial charge in [-0.25, -0.2) is 0 Å². The molecule has 0 aliphatic rings. The zero-order chi connectivity index (χ0) is 16.8. The summed E-state index contributed by atoms with van der Waals surface area (Å²) in [6.45, 7) is 0. The molecule has 2 nitrogen and oxygen atoms in total. The molecule has 0 aliphatic carbocycles. The fourth-order valence-corrected chi connectivity index (χ4v) is 2.54. The van der Waals surface area contributed by atoms with E-state index in [4.69, 9.17) is 4.74 Å². The molecule has 0 N–H and O–H groups in total. The van der Waals surface area contributed by atoms with Crippen LogP contribution in [0.5, 0.6) is 5.75 Å². The van der Waals surface area contributed by atoms with Crippen molar-refractivity contribution < 1.29 is 9.53 Å². The van der Waals surface area contributed by atoms with Crippen LogP contribution in [0.2, 0.25) is 0 Å². The van der Waals surface area contributed by atoms with Gasteiger partial charge in [0.1, 0.15) is 5.75 Å². The quantitative estimate of drug-likeness (QED) is 0.489. The molecule has 0 bridgehead atoms. The normalized spacial score (nSPS) is 10.0. The molecule has 0 saturated heterocycles. The maximum Gasteiger partial charge on any atom is 0.186 e. The van der Waals surface area contributed by atoms with Gasteiger partial charge in [0.25, 0.3) is 0 Å². The van der Waals surface area contributed by atoms with Crippen molar-refractivity contribution in [3.63, 3.8) is 0 Å². The van der Waals surface area contributed by atoms with Crippen molar-refractivity contribution in [1.82, 2.24) is 0 Å². The molecular weight excluding hydrogens is 296 g/mol. The molecule has 3 aromatic carbocycles.